The number of carbonyl (C=O) groups is 2. The van der Waals surface area contributed by atoms with Crippen molar-refractivity contribution in [2.75, 3.05) is 26.7 Å². The number of likely N-dealkylation sites (tertiary alicyclic amines) is 1. The zero-order valence-corrected chi connectivity index (χ0v) is 12.0. The van der Waals surface area contributed by atoms with Gasteiger partial charge in [-0.3, -0.25) is 14.5 Å². The van der Waals surface area contributed by atoms with E-state index in [4.69, 9.17) is 9.84 Å². The van der Waals surface area contributed by atoms with E-state index in [0.29, 0.717) is 0 Å². The van der Waals surface area contributed by atoms with Crippen LogP contribution in [0.4, 0.5) is 0 Å². The average Bonchev–Trinajstić information content (AvgIpc) is 2.93. The highest BCUT2D eigenvalue weighted by atomic mass is 16.5. The highest BCUT2D eigenvalue weighted by Gasteiger charge is 2.27. The van der Waals surface area contributed by atoms with Crippen LogP contribution in [-0.2, 0) is 9.59 Å². The number of nitrogens with zero attached hydrogens (tertiary/aromatic N) is 1. The number of methoxy groups -OCH3 is 1. The lowest BCUT2D eigenvalue weighted by molar-refractivity contribution is -0.138. The van der Waals surface area contributed by atoms with E-state index in [0.717, 1.165) is 30.7 Å². The van der Waals surface area contributed by atoms with Crippen molar-refractivity contribution in [3.63, 3.8) is 0 Å². The summed E-state index contributed by atoms with van der Waals surface area (Å²) in [5.74, 6) is -0.490. The molecule has 1 saturated heterocycles. The van der Waals surface area contributed by atoms with E-state index in [1.807, 2.05) is 24.3 Å². The molecule has 21 heavy (non-hydrogen) atoms. The first-order chi connectivity index (χ1) is 10.1. The number of carboxylic acid groups (broad SMARTS) is 1. The fourth-order valence-electron chi connectivity index (χ4n) is 2.66. The predicted molar refractivity (Wildman–Crippen MR) is 77.2 cm³/mol. The fraction of sp³-hybridized carbons (Fsp3) is 0.467. The number of rotatable bonds is 6. The molecule has 1 atom stereocenters. The van der Waals surface area contributed by atoms with Crippen molar-refractivity contribution in [2.24, 2.45) is 0 Å². The predicted octanol–water partition coefficient (Wildman–Crippen LogP) is 1.03. The van der Waals surface area contributed by atoms with Crippen molar-refractivity contribution in [1.29, 1.82) is 0 Å². The van der Waals surface area contributed by atoms with Gasteiger partial charge in [0.15, 0.2) is 0 Å². The maximum Gasteiger partial charge on any atom is 0.322 e. The summed E-state index contributed by atoms with van der Waals surface area (Å²) in [4.78, 5) is 24.3. The summed E-state index contributed by atoms with van der Waals surface area (Å²) in [6.07, 6.45) is 2.01. The van der Waals surface area contributed by atoms with Crippen LogP contribution in [0.5, 0.6) is 5.75 Å². The van der Waals surface area contributed by atoms with Crippen LogP contribution in [0.3, 0.4) is 0 Å². The van der Waals surface area contributed by atoms with Gasteiger partial charge < -0.3 is 15.2 Å². The minimum absolute atomic E-state index is 0.177. The van der Waals surface area contributed by atoms with Crippen LogP contribution in [-0.4, -0.2) is 48.6 Å². The Morgan fingerprint density at radius 3 is 3.00 bits per heavy atom. The molecule has 2 N–H and O–H groups in total. The number of carbonyl (C=O) groups excluding carboxylic acids is 1. The van der Waals surface area contributed by atoms with Gasteiger partial charge in [0.1, 0.15) is 12.3 Å². The van der Waals surface area contributed by atoms with Gasteiger partial charge >= 0.3 is 5.97 Å². The van der Waals surface area contributed by atoms with E-state index in [-0.39, 0.29) is 25.0 Å². The third-order valence-corrected chi connectivity index (χ3v) is 3.63. The smallest absolute Gasteiger partial charge is 0.322 e. The Labute approximate surface area is 123 Å². The molecular weight excluding hydrogens is 272 g/mol. The third kappa shape index (κ3) is 4.19. The molecule has 1 amide bonds. The summed E-state index contributed by atoms with van der Waals surface area (Å²) in [5.41, 5.74) is 1.12. The first-order valence-electron chi connectivity index (χ1n) is 6.96. The Hall–Kier alpha value is -2.08. The van der Waals surface area contributed by atoms with Crippen molar-refractivity contribution in [1.82, 2.24) is 10.2 Å². The van der Waals surface area contributed by atoms with Gasteiger partial charge in [-0.25, -0.2) is 0 Å². The molecule has 2 rings (SSSR count). The molecule has 0 aromatic heterocycles. The average molecular weight is 292 g/mol. The van der Waals surface area contributed by atoms with Crippen LogP contribution in [0.15, 0.2) is 24.3 Å². The summed E-state index contributed by atoms with van der Waals surface area (Å²) in [5, 5.41) is 11.0. The molecule has 1 aromatic rings. The van der Waals surface area contributed by atoms with E-state index in [1.165, 1.54) is 0 Å². The van der Waals surface area contributed by atoms with Gasteiger partial charge in [-0.1, -0.05) is 12.1 Å². The number of amides is 1. The zero-order chi connectivity index (χ0) is 15.2. The van der Waals surface area contributed by atoms with Gasteiger partial charge in [-0.05, 0) is 37.1 Å². The fourth-order valence-corrected chi connectivity index (χ4v) is 2.66. The first-order valence-corrected chi connectivity index (χ1v) is 6.96. The zero-order valence-electron chi connectivity index (χ0n) is 12.0. The number of hydrogen-bond acceptors (Lipinski definition) is 4. The maximum absolute atomic E-state index is 11.8. The Morgan fingerprint density at radius 1 is 1.48 bits per heavy atom. The topological polar surface area (TPSA) is 78.9 Å². The van der Waals surface area contributed by atoms with Gasteiger partial charge in [0.05, 0.1) is 13.7 Å². The second-order valence-corrected chi connectivity index (χ2v) is 5.08. The molecule has 6 heteroatoms. The monoisotopic (exact) mass is 292 g/mol. The molecule has 0 radical (unpaired) electrons. The van der Waals surface area contributed by atoms with Crippen molar-refractivity contribution in [3.8, 4) is 5.75 Å². The lowest BCUT2D eigenvalue weighted by atomic mass is 10.0. The lowest BCUT2D eigenvalue weighted by Crippen LogP contribution is -2.39. The van der Waals surface area contributed by atoms with E-state index in [9.17, 15) is 9.59 Å². The van der Waals surface area contributed by atoms with Crippen molar-refractivity contribution in [3.05, 3.63) is 29.8 Å². The normalized spacial score (nSPS) is 18.4. The lowest BCUT2D eigenvalue weighted by Gasteiger charge is -2.24. The molecule has 0 saturated carbocycles. The van der Waals surface area contributed by atoms with Crippen molar-refractivity contribution >= 4 is 11.9 Å². The SMILES string of the molecule is COc1cccc(C2CCCN2CC(=O)NCC(=O)O)c1. The van der Waals surface area contributed by atoms with E-state index in [1.54, 1.807) is 7.11 Å². The Bertz CT molecular complexity index is 518. The van der Waals surface area contributed by atoms with Gasteiger partial charge in [0.2, 0.25) is 5.91 Å². The summed E-state index contributed by atoms with van der Waals surface area (Å²) in [6.45, 7) is 0.716. The third-order valence-electron chi connectivity index (χ3n) is 3.63. The Balaban J connectivity index is 1.99. The van der Waals surface area contributed by atoms with E-state index < -0.39 is 5.97 Å². The van der Waals surface area contributed by atoms with Crippen LogP contribution in [0.1, 0.15) is 24.4 Å². The Kier molecular flexibility index (Phi) is 5.16. The van der Waals surface area contributed by atoms with Gasteiger partial charge in [-0.2, -0.15) is 0 Å². The summed E-state index contributed by atoms with van der Waals surface area (Å²) >= 11 is 0. The summed E-state index contributed by atoms with van der Waals surface area (Å²) in [6, 6.07) is 8.02. The first kappa shape index (κ1) is 15.3. The number of ether oxygens (including phenoxy) is 1. The number of carboxylic acids is 1. The second kappa shape index (κ2) is 7.08. The molecule has 1 aromatic carbocycles. The number of hydrogen-bond donors (Lipinski definition) is 2. The highest BCUT2D eigenvalue weighted by Crippen LogP contribution is 2.32. The number of aliphatic carboxylic acids is 1. The van der Waals surface area contributed by atoms with Crippen LogP contribution in [0.25, 0.3) is 0 Å². The molecule has 1 aliphatic heterocycles. The van der Waals surface area contributed by atoms with Gasteiger partial charge in [-0.15, -0.1) is 0 Å². The molecule has 0 spiro atoms. The Morgan fingerprint density at radius 2 is 2.29 bits per heavy atom. The molecule has 6 nitrogen and oxygen atoms in total. The van der Waals surface area contributed by atoms with E-state index in [2.05, 4.69) is 10.2 Å². The molecule has 1 fully saturated rings. The van der Waals surface area contributed by atoms with Crippen molar-refractivity contribution < 1.29 is 19.4 Å². The maximum atomic E-state index is 11.8. The summed E-state index contributed by atoms with van der Waals surface area (Å²) in [7, 11) is 1.63. The summed E-state index contributed by atoms with van der Waals surface area (Å²) < 4.78 is 5.23. The van der Waals surface area contributed by atoms with Crippen molar-refractivity contribution in [2.45, 2.75) is 18.9 Å². The molecule has 114 valence electrons. The molecular formula is C15H20N2O4. The standard InChI is InChI=1S/C15H20N2O4/c1-21-12-5-2-4-11(8-12)13-6-3-7-17(13)10-14(18)16-9-15(19)20/h2,4-5,8,13H,3,6-7,9-10H2,1H3,(H,16,18)(H,19,20). The van der Waals surface area contributed by atoms with Crippen LogP contribution in [0.2, 0.25) is 0 Å². The van der Waals surface area contributed by atoms with Crippen LogP contribution >= 0.6 is 0 Å². The molecule has 1 aliphatic rings. The van der Waals surface area contributed by atoms with Crippen LogP contribution in [0, 0.1) is 0 Å². The number of benzene rings is 1. The van der Waals surface area contributed by atoms with Gasteiger partial charge in [0, 0.05) is 6.04 Å². The van der Waals surface area contributed by atoms with Crippen LogP contribution < -0.4 is 10.1 Å². The largest absolute Gasteiger partial charge is 0.497 e. The molecule has 1 heterocycles. The minimum Gasteiger partial charge on any atom is -0.497 e. The van der Waals surface area contributed by atoms with E-state index >= 15 is 0 Å². The highest BCUT2D eigenvalue weighted by molar-refractivity contribution is 5.82. The quantitative estimate of drug-likeness (QED) is 0.819. The minimum atomic E-state index is -1.03. The molecule has 0 bridgehead atoms. The number of nitrogens with one attached hydrogen (secondary N) is 1. The molecule has 0 aliphatic carbocycles. The molecule has 1 unspecified atom stereocenters. The second-order valence-electron chi connectivity index (χ2n) is 5.08. The van der Waals surface area contributed by atoms with Gasteiger partial charge in [0.25, 0.3) is 0 Å².